The van der Waals surface area contributed by atoms with Gasteiger partial charge in [-0.2, -0.15) is 0 Å². The van der Waals surface area contributed by atoms with Gasteiger partial charge < -0.3 is 4.90 Å². The quantitative estimate of drug-likeness (QED) is 0.755. The van der Waals surface area contributed by atoms with Gasteiger partial charge in [0.25, 0.3) is 0 Å². The highest BCUT2D eigenvalue weighted by Crippen LogP contribution is 2.34. The Bertz CT molecular complexity index is 432. The van der Waals surface area contributed by atoms with Crippen molar-refractivity contribution < 1.29 is 4.79 Å². The molecule has 0 radical (unpaired) electrons. The summed E-state index contributed by atoms with van der Waals surface area (Å²) in [6.07, 6.45) is 3.78. The van der Waals surface area contributed by atoms with Crippen molar-refractivity contribution in [3.63, 3.8) is 0 Å². The zero-order chi connectivity index (χ0) is 14.6. The topological polar surface area (TPSA) is 20.3 Å². The average Bonchev–Trinajstić information content (AvgIpc) is 2.50. The standard InChI is InChI=1S/C18H27NO/c1-4-18(3)10-12-19(13-11-18)14-15(2)17(20)16-8-6-5-7-9-16/h5-9,15H,4,10-14H2,1-3H3. The van der Waals surface area contributed by atoms with E-state index in [9.17, 15) is 4.79 Å². The molecule has 0 saturated carbocycles. The van der Waals surface area contributed by atoms with Crippen LogP contribution >= 0.6 is 0 Å². The largest absolute Gasteiger partial charge is 0.303 e. The first-order valence-electron chi connectivity index (χ1n) is 7.86. The summed E-state index contributed by atoms with van der Waals surface area (Å²) in [6.45, 7) is 9.91. The number of likely N-dealkylation sites (tertiary alicyclic amines) is 1. The van der Waals surface area contributed by atoms with Crippen LogP contribution in [-0.4, -0.2) is 30.3 Å². The van der Waals surface area contributed by atoms with E-state index < -0.39 is 0 Å². The number of rotatable bonds is 5. The molecule has 20 heavy (non-hydrogen) atoms. The molecule has 1 fully saturated rings. The number of carbonyl (C=O) groups excluding carboxylic acids is 1. The lowest BCUT2D eigenvalue weighted by molar-refractivity contribution is 0.0798. The first-order valence-corrected chi connectivity index (χ1v) is 7.86. The molecule has 1 unspecified atom stereocenters. The fourth-order valence-corrected chi connectivity index (χ4v) is 2.99. The second-order valence-electron chi connectivity index (χ2n) is 6.60. The van der Waals surface area contributed by atoms with E-state index in [1.54, 1.807) is 0 Å². The molecule has 2 rings (SSSR count). The molecular weight excluding hydrogens is 246 g/mol. The van der Waals surface area contributed by atoms with Gasteiger partial charge in [0.1, 0.15) is 0 Å². The van der Waals surface area contributed by atoms with E-state index in [4.69, 9.17) is 0 Å². The summed E-state index contributed by atoms with van der Waals surface area (Å²) in [6, 6.07) is 9.67. The van der Waals surface area contributed by atoms with Crippen LogP contribution in [0.2, 0.25) is 0 Å². The molecule has 1 aliphatic rings. The van der Waals surface area contributed by atoms with Gasteiger partial charge in [-0.25, -0.2) is 0 Å². The minimum Gasteiger partial charge on any atom is -0.303 e. The van der Waals surface area contributed by atoms with Crippen LogP contribution in [0.5, 0.6) is 0 Å². The summed E-state index contributed by atoms with van der Waals surface area (Å²) in [4.78, 5) is 14.8. The summed E-state index contributed by atoms with van der Waals surface area (Å²) in [5.74, 6) is 0.359. The maximum absolute atomic E-state index is 12.4. The lowest BCUT2D eigenvalue weighted by atomic mass is 9.78. The van der Waals surface area contributed by atoms with Crippen molar-refractivity contribution in [1.29, 1.82) is 0 Å². The maximum atomic E-state index is 12.4. The third-order valence-corrected chi connectivity index (χ3v) is 4.95. The molecule has 0 N–H and O–H groups in total. The second kappa shape index (κ2) is 6.53. The Morgan fingerprint density at radius 1 is 1.25 bits per heavy atom. The molecule has 2 nitrogen and oxygen atoms in total. The summed E-state index contributed by atoms with van der Waals surface area (Å²) in [5, 5.41) is 0. The van der Waals surface area contributed by atoms with Gasteiger partial charge in [0.05, 0.1) is 0 Å². The van der Waals surface area contributed by atoms with E-state index in [-0.39, 0.29) is 11.7 Å². The molecule has 1 heterocycles. The van der Waals surface area contributed by atoms with E-state index in [1.165, 1.54) is 19.3 Å². The zero-order valence-electron chi connectivity index (χ0n) is 13.1. The van der Waals surface area contributed by atoms with Crippen molar-refractivity contribution in [3.8, 4) is 0 Å². The highest BCUT2D eigenvalue weighted by molar-refractivity contribution is 5.97. The van der Waals surface area contributed by atoms with Gasteiger partial charge in [-0.3, -0.25) is 4.79 Å². The molecule has 0 aromatic heterocycles. The Morgan fingerprint density at radius 3 is 2.40 bits per heavy atom. The van der Waals surface area contributed by atoms with Crippen LogP contribution in [0.25, 0.3) is 0 Å². The smallest absolute Gasteiger partial charge is 0.166 e. The lowest BCUT2D eigenvalue weighted by Gasteiger charge is -2.39. The van der Waals surface area contributed by atoms with E-state index in [0.717, 1.165) is 25.2 Å². The molecule has 1 aromatic rings. The van der Waals surface area contributed by atoms with Crippen LogP contribution in [0.4, 0.5) is 0 Å². The van der Waals surface area contributed by atoms with Gasteiger partial charge in [-0.05, 0) is 31.3 Å². The number of hydrogen-bond donors (Lipinski definition) is 0. The van der Waals surface area contributed by atoms with Crippen LogP contribution in [-0.2, 0) is 0 Å². The summed E-state index contributed by atoms with van der Waals surface area (Å²) < 4.78 is 0. The Kier molecular flexibility index (Phi) is 4.98. The molecule has 110 valence electrons. The normalized spacial score (nSPS) is 20.6. The third kappa shape index (κ3) is 3.69. The monoisotopic (exact) mass is 273 g/mol. The molecule has 0 aliphatic carbocycles. The Labute approximate surface area is 123 Å². The molecule has 1 aliphatic heterocycles. The summed E-state index contributed by atoms with van der Waals surface area (Å²) in [5.41, 5.74) is 1.36. The first kappa shape index (κ1) is 15.2. The lowest BCUT2D eigenvalue weighted by Crippen LogP contribution is -2.41. The summed E-state index contributed by atoms with van der Waals surface area (Å²) >= 11 is 0. The van der Waals surface area contributed by atoms with Gasteiger partial charge in [0, 0.05) is 18.0 Å². The summed E-state index contributed by atoms with van der Waals surface area (Å²) in [7, 11) is 0. The Morgan fingerprint density at radius 2 is 1.85 bits per heavy atom. The minimum absolute atomic E-state index is 0.0865. The molecule has 1 atom stereocenters. The number of piperidine rings is 1. The van der Waals surface area contributed by atoms with Gasteiger partial charge in [0.2, 0.25) is 0 Å². The number of carbonyl (C=O) groups is 1. The fraction of sp³-hybridized carbons (Fsp3) is 0.611. The van der Waals surface area contributed by atoms with Crippen molar-refractivity contribution in [2.45, 2.75) is 40.0 Å². The highest BCUT2D eigenvalue weighted by atomic mass is 16.1. The fourth-order valence-electron chi connectivity index (χ4n) is 2.99. The van der Waals surface area contributed by atoms with E-state index >= 15 is 0 Å². The molecule has 1 aromatic carbocycles. The zero-order valence-corrected chi connectivity index (χ0v) is 13.1. The van der Waals surface area contributed by atoms with Crippen LogP contribution < -0.4 is 0 Å². The van der Waals surface area contributed by atoms with E-state index in [1.807, 2.05) is 30.3 Å². The predicted molar refractivity (Wildman–Crippen MR) is 84.0 cm³/mol. The first-order chi connectivity index (χ1) is 9.54. The molecule has 1 saturated heterocycles. The number of ketones is 1. The van der Waals surface area contributed by atoms with Gasteiger partial charge in [-0.15, -0.1) is 0 Å². The van der Waals surface area contributed by atoms with Crippen LogP contribution in [0.3, 0.4) is 0 Å². The maximum Gasteiger partial charge on any atom is 0.166 e. The number of Topliss-reactive ketones (excluding diaryl/α,β-unsaturated/α-hetero) is 1. The van der Waals surface area contributed by atoms with Gasteiger partial charge in [0.15, 0.2) is 5.78 Å². The highest BCUT2D eigenvalue weighted by Gasteiger charge is 2.29. The minimum atomic E-state index is 0.0865. The van der Waals surface area contributed by atoms with Gasteiger partial charge in [-0.1, -0.05) is 57.5 Å². The van der Waals surface area contributed by atoms with Crippen molar-refractivity contribution in [2.75, 3.05) is 19.6 Å². The van der Waals surface area contributed by atoms with E-state index in [0.29, 0.717) is 5.41 Å². The Balaban J connectivity index is 1.87. The van der Waals surface area contributed by atoms with E-state index in [2.05, 4.69) is 25.7 Å². The van der Waals surface area contributed by atoms with Crippen LogP contribution in [0.15, 0.2) is 30.3 Å². The van der Waals surface area contributed by atoms with Crippen LogP contribution in [0.1, 0.15) is 50.4 Å². The molecule has 0 spiro atoms. The van der Waals surface area contributed by atoms with Gasteiger partial charge >= 0.3 is 0 Å². The van der Waals surface area contributed by atoms with Crippen LogP contribution in [0, 0.1) is 11.3 Å². The number of benzene rings is 1. The number of nitrogens with zero attached hydrogens (tertiary/aromatic N) is 1. The molecule has 0 amide bonds. The third-order valence-electron chi connectivity index (χ3n) is 4.95. The van der Waals surface area contributed by atoms with Crippen molar-refractivity contribution in [3.05, 3.63) is 35.9 Å². The Hall–Kier alpha value is -1.15. The predicted octanol–water partition coefficient (Wildman–Crippen LogP) is 4.02. The SMILES string of the molecule is CCC1(C)CCN(CC(C)C(=O)c2ccccc2)CC1. The van der Waals surface area contributed by atoms with Crippen molar-refractivity contribution in [1.82, 2.24) is 4.90 Å². The second-order valence-corrected chi connectivity index (χ2v) is 6.60. The molecule has 0 bridgehead atoms. The number of hydrogen-bond acceptors (Lipinski definition) is 2. The average molecular weight is 273 g/mol. The molecule has 2 heteroatoms. The molecular formula is C18H27NO. The van der Waals surface area contributed by atoms with Crippen molar-refractivity contribution in [2.24, 2.45) is 11.3 Å². The van der Waals surface area contributed by atoms with Crippen molar-refractivity contribution >= 4 is 5.78 Å².